The van der Waals surface area contributed by atoms with Crippen LogP contribution in [0.15, 0.2) is 0 Å². The van der Waals surface area contributed by atoms with Crippen molar-refractivity contribution in [2.45, 2.75) is 34.1 Å². The molecule has 0 bridgehead atoms. The molecule has 0 saturated heterocycles. The molecule has 0 atom stereocenters. The van der Waals surface area contributed by atoms with Gasteiger partial charge in [0.2, 0.25) is 0 Å². The van der Waals surface area contributed by atoms with Gasteiger partial charge >= 0.3 is 0 Å². The van der Waals surface area contributed by atoms with E-state index < -0.39 is 0 Å². The van der Waals surface area contributed by atoms with Gasteiger partial charge in [-0.2, -0.15) is 0 Å². The van der Waals surface area contributed by atoms with Crippen molar-refractivity contribution in [2.75, 3.05) is 52.4 Å². The van der Waals surface area contributed by atoms with Gasteiger partial charge in [-0.25, -0.2) is 0 Å². The summed E-state index contributed by atoms with van der Waals surface area (Å²) in [6, 6.07) is 0. The molecule has 0 rings (SSSR count). The number of rotatable bonds is 12. The molecule has 0 aromatic carbocycles. The SMILES string of the molecule is CCN(CC)CCCNNCCN(CC)CC. The molecule has 0 spiro atoms. The Hall–Kier alpha value is -0.160. The van der Waals surface area contributed by atoms with Crippen molar-refractivity contribution in [1.29, 1.82) is 0 Å². The lowest BCUT2D eigenvalue weighted by molar-refractivity contribution is 0.284. The van der Waals surface area contributed by atoms with Gasteiger partial charge in [0.1, 0.15) is 0 Å². The predicted molar refractivity (Wildman–Crippen MR) is 76.2 cm³/mol. The van der Waals surface area contributed by atoms with Crippen molar-refractivity contribution >= 4 is 0 Å². The highest BCUT2D eigenvalue weighted by Gasteiger charge is 1.98. The smallest absolute Gasteiger partial charge is 0.0228 e. The molecular formula is C13H32N4. The van der Waals surface area contributed by atoms with Gasteiger partial charge in [-0.15, -0.1) is 0 Å². The monoisotopic (exact) mass is 244 g/mol. The molecule has 0 radical (unpaired) electrons. The summed E-state index contributed by atoms with van der Waals surface area (Å²) < 4.78 is 0. The summed E-state index contributed by atoms with van der Waals surface area (Å²) >= 11 is 0. The van der Waals surface area contributed by atoms with E-state index in [9.17, 15) is 0 Å². The van der Waals surface area contributed by atoms with Crippen molar-refractivity contribution in [2.24, 2.45) is 0 Å². The third-order valence-electron chi connectivity index (χ3n) is 3.24. The first kappa shape index (κ1) is 16.8. The summed E-state index contributed by atoms with van der Waals surface area (Å²) in [5.41, 5.74) is 6.57. The summed E-state index contributed by atoms with van der Waals surface area (Å²) in [7, 11) is 0. The Morgan fingerprint density at radius 2 is 1.12 bits per heavy atom. The van der Waals surface area contributed by atoms with E-state index in [-0.39, 0.29) is 0 Å². The van der Waals surface area contributed by atoms with Crippen LogP contribution in [-0.4, -0.2) is 62.2 Å². The Kier molecular flexibility index (Phi) is 12.2. The number of nitrogens with one attached hydrogen (secondary N) is 2. The van der Waals surface area contributed by atoms with E-state index in [0.717, 1.165) is 45.8 Å². The average molecular weight is 244 g/mol. The molecule has 0 fully saturated rings. The maximum Gasteiger partial charge on any atom is 0.0228 e. The van der Waals surface area contributed by atoms with Crippen LogP contribution >= 0.6 is 0 Å². The zero-order chi connectivity index (χ0) is 12.9. The first-order valence-electron chi connectivity index (χ1n) is 7.18. The molecule has 0 aliphatic heterocycles. The highest BCUT2D eigenvalue weighted by Crippen LogP contribution is 1.88. The van der Waals surface area contributed by atoms with Crippen LogP contribution in [0.25, 0.3) is 0 Å². The second-order valence-electron chi connectivity index (χ2n) is 4.26. The Balaban J connectivity index is 3.23. The highest BCUT2D eigenvalue weighted by atomic mass is 15.4. The van der Waals surface area contributed by atoms with E-state index in [1.165, 1.54) is 13.0 Å². The standard InChI is InChI=1S/C13H32N4/c1-5-16(6-2)12-9-10-14-15-11-13-17(7-3)8-4/h14-15H,5-13H2,1-4H3. The zero-order valence-electron chi connectivity index (χ0n) is 12.3. The molecule has 0 amide bonds. The molecule has 0 aliphatic carbocycles. The molecule has 17 heavy (non-hydrogen) atoms. The van der Waals surface area contributed by atoms with Gasteiger partial charge in [0.05, 0.1) is 0 Å². The van der Waals surface area contributed by atoms with Gasteiger partial charge in [-0.1, -0.05) is 27.7 Å². The maximum atomic E-state index is 3.29. The molecule has 0 unspecified atom stereocenters. The molecular weight excluding hydrogens is 212 g/mol. The second kappa shape index (κ2) is 12.3. The third kappa shape index (κ3) is 9.53. The van der Waals surface area contributed by atoms with Crippen LogP contribution in [0.5, 0.6) is 0 Å². The number of hydrogen-bond acceptors (Lipinski definition) is 4. The van der Waals surface area contributed by atoms with Crippen LogP contribution in [0.4, 0.5) is 0 Å². The lowest BCUT2D eigenvalue weighted by Gasteiger charge is -2.19. The molecule has 4 nitrogen and oxygen atoms in total. The average Bonchev–Trinajstić information content (AvgIpc) is 2.37. The van der Waals surface area contributed by atoms with Crippen molar-refractivity contribution < 1.29 is 0 Å². The van der Waals surface area contributed by atoms with E-state index >= 15 is 0 Å². The van der Waals surface area contributed by atoms with Crippen molar-refractivity contribution in [3.05, 3.63) is 0 Å². The lowest BCUT2D eigenvalue weighted by atomic mass is 10.4. The number of hydrogen-bond donors (Lipinski definition) is 2. The summed E-state index contributed by atoms with van der Waals surface area (Å²) in [4.78, 5) is 4.88. The van der Waals surface area contributed by atoms with Gasteiger partial charge in [0, 0.05) is 19.6 Å². The van der Waals surface area contributed by atoms with E-state index in [2.05, 4.69) is 48.3 Å². The summed E-state index contributed by atoms with van der Waals surface area (Å²) in [5.74, 6) is 0. The minimum absolute atomic E-state index is 1.02. The summed E-state index contributed by atoms with van der Waals surface area (Å²) in [5, 5.41) is 0. The molecule has 104 valence electrons. The number of likely N-dealkylation sites (N-methyl/N-ethyl adjacent to an activating group) is 1. The molecule has 0 saturated carbocycles. The molecule has 0 aromatic rings. The Bertz CT molecular complexity index is 128. The zero-order valence-corrected chi connectivity index (χ0v) is 12.3. The molecule has 0 heterocycles. The largest absolute Gasteiger partial charge is 0.304 e. The van der Waals surface area contributed by atoms with E-state index in [1.54, 1.807) is 0 Å². The minimum atomic E-state index is 1.02. The number of hydrazine groups is 1. The Labute approximate surface area is 108 Å². The first-order chi connectivity index (χ1) is 8.28. The van der Waals surface area contributed by atoms with Gasteiger partial charge in [0.15, 0.2) is 0 Å². The Morgan fingerprint density at radius 3 is 1.65 bits per heavy atom. The lowest BCUT2D eigenvalue weighted by Crippen LogP contribution is -2.40. The topological polar surface area (TPSA) is 30.5 Å². The Morgan fingerprint density at radius 1 is 0.647 bits per heavy atom. The second-order valence-corrected chi connectivity index (χ2v) is 4.26. The molecule has 0 aromatic heterocycles. The fourth-order valence-electron chi connectivity index (χ4n) is 1.86. The van der Waals surface area contributed by atoms with E-state index in [4.69, 9.17) is 0 Å². The fraction of sp³-hybridized carbons (Fsp3) is 1.00. The molecule has 0 aliphatic rings. The number of nitrogens with zero attached hydrogens (tertiary/aromatic N) is 2. The maximum absolute atomic E-state index is 3.29. The quantitative estimate of drug-likeness (QED) is 0.398. The van der Waals surface area contributed by atoms with E-state index in [0.29, 0.717) is 0 Å². The minimum Gasteiger partial charge on any atom is -0.304 e. The van der Waals surface area contributed by atoms with Crippen molar-refractivity contribution in [1.82, 2.24) is 20.7 Å². The highest BCUT2D eigenvalue weighted by molar-refractivity contribution is 4.55. The molecule has 4 heteroatoms. The fourth-order valence-corrected chi connectivity index (χ4v) is 1.86. The third-order valence-corrected chi connectivity index (χ3v) is 3.24. The van der Waals surface area contributed by atoms with Crippen LogP contribution in [0.3, 0.4) is 0 Å². The van der Waals surface area contributed by atoms with Gasteiger partial charge in [-0.3, -0.25) is 10.9 Å². The van der Waals surface area contributed by atoms with Gasteiger partial charge in [-0.05, 0) is 39.1 Å². The van der Waals surface area contributed by atoms with Crippen LogP contribution in [0, 0.1) is 0 Å². The molecule has 2 N–H and O–H groups in total. The van der Waals surface area contributed by atoms with Crippen LogP contribution in [-0.2, 0) is 0 Å². The van der Waals surface area contributed by atoms with Crippen LogP contribution in [0.1, 0.15) is 34.1 Å². The van der Waals surface area contributed by atoms with Gasteiger partial charge in [0.25, 0.3) is 0 Å². The van der Waals surface area contributed by atoms with Crippen LogP contribution < -0.4 is 10.9 Å². The van der Waals surface area contributed by atoms with E-state index in [1.807, 2.05) is 0 Å². The predicted octanol–water partition coefficient (Wildman–Crippen LogP) is 1.15. The first-order valence-corrected chi connectivity index (χ1v) is 7.18. The van der Waals surface area contributed by atoms with Gasteiger partial charge < -0.3 is 9.80 Å². The van der Waals surface area contributed by atoms with Crippen LogP contribution in [0.2, 0.25) is 0 Å². The normalized spacial score (nSPS) is 11.6. The van der Waals surface area contributed by atoms with Crippen molar-refractivity contribution in [3.63, 3.8) is 0 Å². The van der Waals surface area contributed by atoms with Crippen molar-refractivity contribution in [3.8, 4) is 0 Å². The summed E-state index contributed by atoms with van der Waals surface area (Å²) in [6.07, 6.45) is 1.21. The summed E-state index contributed by atoms with van der Waals surface area (Å²) in [6.45, 7) is 17.8.